The molecule has 0 bridgehead atoms. The van der Waals surface area contributed by atoms with Crippen molar-refractivity contribution in [3.8, 4) is 0 Å². The molecule has 0 spiro atoms. The molecule has 2 aliphatic rings. The third-order valence-corrected chi connectivity index (χ3v) is 4.91. The third-order valence-electron chi connectivity index (χ3n) is 4.34. The fourth-order valence-electron chi connectivity index (χ4n) is 2.73. The maximum absolute atomic E-state index is 12.3. The van der Waals surface area contributed by atoms with E-state index in [4.69, 9.17) is 23.2 Å². The summed E-state index contributed by atoms with van der Waals surface area (Å²) in [5.74, 6) is 0.895. The van der Waals surface area contributed by atoms with Crippen LogP contribution in [-0.2, 0) is 0 Å². The minimum Gasteiger partial charge on any atom is -0.324 e. The molecule has 1 aromatic rings. The summed E-state index contributed by atoms with van der Waals surface area (Å²) < 4.78 is 0. The minimum absolute atomic E-state index is 0.107. The van der Waals surface area contributed by atoms with Gasteiger partial charge in [0, 0.05) is 24.2 Å². The topological polar surface area (TPSA) is 44.4 Å². The Labute approximate surface area is 141 Å². The van der Waals surface area contributed by atoms with Crippen LogP contribution >= 0.6 is 23.2 Å². The molecule has 0 atom stereocenters. The van der Waals surface area contributed by atoms with Crippen molar-refractivity contribution in [3.05, 3.63) is 28.2 Å². The zero-order valence-corrected chi connectivity index (χ0v) is 14.0. The van der Waals surface area contributed by atoms with Crippen LogP contribution in [0.2, 0.25) is 10.0 Å². The van der Waals surface area contributed by atoms with E-state index in [1.54, 1.807) is 18.2 Å². The fourth-order valence-corrected chi connectivity index (χ4v) is 3.07. The van der Waals surface area contributed by atoms with Crippen LogP contribution in [0.15, 0.2) is 18.2 Å². The van der Waals surface area contributed by atoms with Crippen LogP contribution in [0, 0.1) is 5.92 Å². The summed E-state index contributed by atoms with van der Waals surface area (Å²) in [6.07, 6.45) is 4.75. The summed E-state index contributed by atoms with van der Waals surface area (Å²) in [7, 11) is 0. The molecule has 2 N–H and O–H groups in total. The molecule has 0 unspecified atom stereocenters. The first kappa shape index (κ1) is 15.9. The van der Waals surface area contributed by atoms with Crippen molar-refractivity contribution < 1.29 is 4.79 Å². The number of nitrogens with one attached hydrogen (secondary N) is 2. The summed E-state index contributed by atoms with van der Waals surface area (Å²) in [6.45, 7) is 2.67. The number of hydrogen-bond acceptors (Lipinski definition) is 2. The molecule has 2 fully saturated rings. The zero-order valence-electron chi connectivity index (χ0n) is 12.4. The molecule has 1 aliphatic carbocycles. The molecule has 22 heavy (non-hydrogen) atoms. The van der Waals surface area contributed by atoms with Crippen LogP contribution in [-0.4, -0.2) is 36.6 Å². The lowest BCUT2D eigenvalue weighted by atomic mass is 10.1. The van der Waals surface area contributed by atoms with E-state index in [-0.39, 0.29) is 6.03 Å². The molecule has 2 amide bonds. The van der Waals surface area contributed by atoms with Gasteiger partial charge in [-0.05, 0) is 56.3 Å². The number of amides is 2. The number of benzene rings is 1. The normalized spacial score (nSPS) is 19.3. The van der Waals surface area contributed by atoms with E-state index < -0.39 is 0 Å². The second-order valence-electron chi connectivity index (χ2n) is 6.17. The Morgan fingerprint density at radius 2 is 1.91 bits per heavy atom. The van der Waals surface area contributed by atoms with Crippen LogP contribution in [0.5, 0.6) is 0 Å². The molecular weight excluding hydrogens is 321 g/mol. The Kier molecular flexibility index (Phi) is 5.11. The van der Waals surface area contributed by atoms with Gasteiger partial charge in [-0.25, -0.2) is 4.79 Å². The predicted molar refractivity (Wildman–Crippen MR) is 90.8 cm³/mol. The number of urea groups is 1. The van der Waals surface area contributed by atoms with Crippen molar-refractivity contribution in [2.45, 2.75) is 31.7 Å². The molecular formula is C16H21Cl2N3O. The summed E-state index contributed by atoms with van der Waals surface area (Å²) in [4.78, 5) is 14.1. The van der Waals surface area contributed by atoms with E-state index in [1.807, 2.05) is 4.90 Å². The van der Waals surface area contributed by atoms with Crippen molar-refractivity contribution in [1.82, 2.24) is 10.2 Å². The van der Waals surface area contributed by atoms with Crippen molar-refractivity contribution in [1.29, 1.82) is 0 Å². The van der Waals surface area contributed by atoms with Crippen LogP contribution in [0.4, 0.5) is 10.5 Å². The lowest BCUT2D eigenvalue weighted by Gasteiger charge is -2.32. The molecule has 3 rings (SSSR count). The Morgan fingerprint density at radius 3 is 2.59 bits per heavy atom. The van der Waals surface area contributed by atoms with Gasteiger partial charge in [0.2, 0.25) is 0 Å². The Morgan fingerprint density at radius 1 is 1.18 bits per heavy atom. The second-order valence-corrected chi connectivity index (χ2v) is 7.01. The summed E-state index contributed by atoms with van der Waals surface area (Å²) in [5.41, 5.74) is 0.563. The molecule has 1 saturated carbocycles. The maximum atomic E-state index is 12.3. The summed E-state index contributed by atoms with van der Waals surface area (Å²) >= 11 is 12.0. The highest BCUT2D eigenvalue weighted by Gasteiger charge is 2.26. The molecule has 6 heteroatoms. The number of likely N-dealkylation sites (tertiary alicyclic amines) is 1. The lowest BCUT2D eigenvalue weighted by molar-refractivity contribution is 0.189. The number of hydrogen-bond donors (Lipinski definition) is 2. The minimum atomic E-state index is -0.107. The monoisotopic (exact) mass is 341 g/mol. The van der Waals surface area contributed by atoms with Gasteiger partial charge in [0.05, 0.1) is 10.7 Å². The average molecular weight is 342 g/mol. The van der Waals surface area contributed by atoms with Gasteiger partial charge in [0.15, 0.2) is 0 Å². The Hall–Kier alpha value is -0.970. The standard InChI is InChI=1S/C16H21Cl2N3O/c17-12-3-4-14(18)15(9-12)20-16(22)21-7-5-13(6-8-21)19-10-11-1-2-11/h3-4,9,11,13,19H,1-2,5-8,10H2,(H,20,22). The molecule has 1 saturated heterocycles. The first-order valence-electron chi connectivity index (χ1n) is 7.86. The highest BCUT2D eigenvalue weighted by atomic mass is 35.5. The van der Waals surface area contributed by atoms with Gasteiger partial charge in [-0.3, -0.25) is 0 Å². The van der Waals surface area contributed by atoms with Crippen LogP contribution in [0.3, 0.4) is 0 Å². The number of carbonyl (C=O) groups excluding carboxylic acids is 1. The Bertz CT molecular complexity index is 540. The maximum Gasteiger partial charge on any atom is 0.321 e. The number of anilines is 1. The molecule has 4 nitrogen and oxygen atoms in total. The van der Waals surface area contributed by atoms with Crippen LogP contribution in [0.25, 0.3) is 0 Å². The van der Waals surface area contributed by atoms with E-state index in [0.29, 0.717) is 21.8 Å². The summed E-state index contributed by atoms with van der Waals surface area (Å²) in [5, 5.41) is 7.52. The molecule has 1 aromatic carbocycles. The van der Waals surface area contributed by atoms with E-state index in [0.717, 1.165) is 38.4 Å². The smallest absolute Gasteiger partial charge is 0.321 e. The fraction of sp³-hybridized carbons (Fsp3) is 0.562. The van der Waals surface area contributed by atoms with Gasteiger partial charge in [0.25, 0.3) is 0 Å². The van der Waals surface area contributed by atoms with Gasteiger partial charge < -0.3 is 15.5 Å². The number of piperidine rings is 1. The first-order chi connectivity index (χ1) is 10.6. The largest absolute Gasteiger partial charge is 0.324 e. The number of carbonyl (C=O) groups is 1. The quantitative estimate of drug-likeness (QED) is 0.869. The van der Waals surface area contributed by atoms with Crippen molar-refractivity contribution in [2.75, 3.05) is 25.0 Å². The van der Waals surface area contributed by atoms with Gasteiger partial charge >= 0.3 is 6.03 Å². The van der Waals surface area contributed by atoms with Gasteiger partial charge in [-0.15, -0.1) is 0 Å². The zero-order chi connectivity index (χ0) is 15.5. The first-order valence-corrected chi connectivity index (χ1v) is 8.62. The van der Waals surface area contributed by atoms with Crippen molar-refractivity contribution in [3.63, 3.8) is 0 Å². The highest BCUT2D eigenvalue weighted by Crippen LogP contribution is 2.28. The SMILES string of the molecule is O=C(Nc1cc(Cl)ccc1Cl)N1CCC(NCC2CC2)CC1. The number of rotatable bonds is 4. The van der Waals surface area contributed by atoms with Gasteiger partial charge in [-0.1, -0.05) is 23.2 Å². The van der Waals surface area contributed by atoms with Gasteiger partial charge in [0.1, 0.15) is 0 Å². The predicted octanol–water partition coefficient (Wildman–Crippen LogP) is 3.99. The molecule has 0 radical (unpaired) electrons. The molecule has 120 valence electrons. The second kappa shape index (κ2) is 7.07. The van der Waals surface area contributed by atoms with E-state index in [1.165, 1.54) is 12.8 Å². The van der Waals surface area contributed by atoms with E-state index in [2.05, 4.69) is 10.6 Å². The third kappa shape index (κ3) is 4.28. The van der Waals surface area contributed by atoms with E-state index >= 15 is 0 Å². The molecule has 0 aromatic heterocycles. The van der Waals surface area contributed by atoms with Crippen molar-refractivity contribution >= 4 is 34.9 Å². The molecule has 1 aliphatic heterocycles. The lowest BCUT2D eigenvalue weighted by Crippen LogP contribution is -2.46. The average Bonchev–Trinajstić information content (AvgIpc) is 3.33. The van der Waals surface area contributed by atoms with Crippen LogP contribution in [0.1, 0.15) is 25.7 Å². The van der Waals surface area contributed by atoms with Gasteiger partial charge in [-0.2, -0.15) is 0 Å². The van der Waals surface area contributed by atoms with E-state index in [9.17, 15) is 4.79 Å². The van der Waals surface area contributed by atoms with Crippen LogP contribution < -0.4 is 10.6 Å². The summed E-state index contributed by atoms with van der Waals surface area (Å²) in [6, 6.07) is 5.50. The molecule has 1 heterocycles. The highest BCUT2D eigenvalue weighted by molar-refractivity contribution is 6.35. The van der Waals surface area contributed by atoms with Crippen molar-refractivity contribution in [2.24, 2.45) is 5.92 Å². The Balaban J connectivity index is 1.47. The number of halogens is 2. The number of nitrogens with zero attached hydrogens (tertiary/aromatic N) is 1.